The zero-order valence-corrected chi connectivity index (χ0v) is 5.63. The zero-order valence-electron chi connectivity index (χ0n) is 6.63. The van der Waals surface area contributed by atoms with Crippen molar-refractivity contribution in [3.8, 4) is 0 Å². The molecule has 1 heterocycles. The Bertz CT molecular complexity index is 132. The third-order valence-electron chi connectivity index (χ3n) is 1.50. The molecule has 1 saturated heterocycles. The van der Waals surface area contributed by atoms with Crippen molar-refractivity contribution in [2.75, 3.05) is 26.2 Å². The second-order valence-corrected chi connectivity index (χ2v) is 2.18. The minimum atomic E-state index is 0.119. The number of carbonyl (C=O) groups excluding carboxylic acids is 1. The molecule has 9 heavy (non-hydrogen) atoms. The van der Waals surface area contributed by atoms with Gasteiger partial charge in [0.15, 0.2) is 0 Å². The van der Waals surface area contributed by atoms with E-state index in [-0.39, 0.29) is 5.91 Å². The fourth-order valence-corrected chi connectivity index (χ4v) is 0.921. The van der Waals surface area contributed by atoms with Gasteiger partial charge in [-0.15, -0.1) is 0 Å². The van der Waals surface area contributed by atoms with Crippen molar-refractivity contribution in [1.82, 2.24) is 10.2 Å². The van der Waals surface area contributed by atoms with Crippen molar-refractivity contribution in [2.24, 2.45) is 0 Å². The van der Waals surface area contributed by atoms with Gasteiger partial charge in [-0.1, -0.05) is 0 Å². The van der Waals surface area contributed by atoms with Gasteiger partial charge < -0.3 is 10.2 Å². The summed E-state index contributed by atoms with van der Waals surface area (Å²) in [5.41, 5.74) is 0. The second kappa shape index (κ2) is 2.82. The summed E-state index contributed by atoms with van der Waals surface area (Å²) < 4.78 is 7.20. The van der Waals surface area contributed by atoms with Crippen molar-refractivity contribution >= 4 is 5.91 Å². The van der Waals surface area contributed by atoms with Crippen molar-refractivity contribution in [3.05, 3.63) is 0 Å². The van der Waals surface area contributed by atoms with E-state index in [9.17, 15) is 4.79 Å². The Balaban J connectivity index is 2.33. The molecule has 1 aliphatic rings. The standard InChI is InChI=1S/C6H12N2O/c1-6(9)8-4-2-7-3-5-8/h7H,2-5H2,1H3/i/hT. The molecule has 0 bridgehead atoms. The Morgan fingerprint density at radius 2 is 2.22 bits per heavy atom. The molecule has 0 aromatic carbocycles. The van der Waals surface area contributed by atoms with Crippen molar-refractivity contribution in [2.45, 2.75) is 6.92 Å². The first-order valence-corrected chi connectivity index (χ1v) is 3.19. The van der Waals surface area contributed by atoms with Crippen LogP contribution in [0.4, 0.5) is 0 Å². The minimum Gasteiger partial charge on any atom is -0.340 e. The molecule has 0 unspecified atom stereocenters. The van der Waals surface area contributed by atoms with Gasteiger partial charge in [-0.05, 0) is 0 Å². The first-order chi connectivity index (χ1) is 4.70. The van der Waals surface area contributed by atoms with Gasteiger partial charge in [0.25, 0.3) is 0 Å². The molecule has 0 aromatic heterocycles. The normalized spacial score (nSPS) is 23.7. The molecule has 1 aliphatic heterocycles. The van der Waals surface area contributed by atoms with E-state index in [1.807, 2.05) is 0 Å². The largest absolute Gasteiger partial charge is 0.340 e. The van der Waals surface area contributed by atoms with Gasteiger partial charge in [-0.25, -0.2) is 0 Å². The van der Waals surface area contributed by atoms with Crippen LogP contribution in [0, 0.1) is 0 Å². The Morgan fingerprint density at radius 3 is 2.67 bits per heavy atom. The maximum absolute atomic E-state index is 10.8. The molecule has 3 nitrogen and oxygen atoms in total. The summed E-state index contributed by atoms with van der Waals surface area (Å²) >= 11 is 0. The smallest absolute Gasteiger partial charge is 0.219 e. The van der Waals surface area contributed by atoms with Gasteiger partial charge in [0, 0.05) is 33.1 Å². The molecule has 0 aromatic rings. The van der Waals surface area contributed by atoms with Crippen LogP contribution >= 0.6 is 0 Å². The van der Waals surface area contributed by atoms with E-state index in [2.05, 4.69) is 0 Å². The third kappa shape index (κ3) is 1.68. The lowest BCUT2D eigenvalue weighted by atomic mass is 10.4. The lowest BCUT2D eigenvalue weighted by molar-refractivity contribution is -0.129. The van der Waals surface area contributed by atoms with Crippen molar-refractivity contribution in [3.63, 3.8) is 0 Å². The monoisotopic (exact) mass is 130 g/mol. The molecule has 52 valence electrons. The molecule has 0 radical (unpaired) electrons. The highest BCUT2D eigenvalue weighted by Crippen LogP contribution is 1.90. The van der Waals surface area contributed by atoms with E-state index in [4.69, 9.17) is 1.41 Å². The van der Waals surface area contributed by atoms with E-state index in [1.165, 1.54) is 5.31 Å². The van der Waals surface area contributed by atoms with E-state index in [0.29, 0.717) is 26.2 Å². The van der Waals surface area contributed by atoms with Crippen LogP contribution in [0.2, 0.25) is 1.41 Å². The van der Waals surface area contributed by atoms with E-state index in [1.54, 1.807) is 11.8 Å². The van der Waals surface area contributed by atoms with Crippen LogP contribution in [-0.4, -0.2) is 37.0 Å². The van der Waals surface area contributed by atoms with Crippen LogP contribution in [0.25, 0.3) is 0 Å². The van der Waals surface area contributed by atoms with Gasteiger partial charge in [0.2, 0.25) is 5.91 Å². The summed E-state index contributed by atoms with van der Waals surface area (Å²) in [6.45, 7) is 4.34. The predicted octanol–water partition coefficient (Wildman–Crippen LogP) is -0.562. The van der Waals surface area contributed by atoms with Crippen LogP contribution in [0.5, 0.6) is 0 Å². The highest BCUT2D eigenvalue weighted by molar-refractivity contribution is 5.73. The summed E-state index contributed by atoms with van der Waals surface area (Å²) in [4.78, 5) is 12.5. The first kappa shape index (κ1) is 5.23. The number of rotatable bonds is 0. The lowest BCUT2D eigenvalue weighted by Crippen LogP contribution is -2.45. The van der Waals surface area contributed by atoms with Gasteiger partial charge in [-0.2, -0.15) is 0 Å². The summed E-state index contributed by atoms with van der Waals surface area (Å²) in [5, 5.41) is 1.49. The molecular formula is C6H12N2O. The SMILES string of the molecule is [3H]N1CCN(C(C)=O)CC1. The number of hydrogen-bond donors (Lipinski definition) is 1. The molecule has 1 N–H and O–H groups in total. The average molecular weight is 130 g/mol. The molecule has 1 rings (SSSR count). The summed E-state index contributed by atoms with van der Waals surface area (Å²) in [7, 11) is 0. The van der Waals surface area contributed by atoms with Gasteiger partial charge in [0.05, 0.1) is 0 Å². The minimum absolute atomic E-state index is 0.119. The molecule has 0 spiro atoms. The van der Waals surface area contributed by atoms with Crippen molar-refractivity contribution < 1.29 is 6.21 Å². The molecule has 0 saturated carbocycles. The predicted molar refractivity (Wildman–Crippen MR) is 35.1 cm³/mol. The van der Waals surface area contributed by atoms with E-state index >= 15 is 0 Å². The fraction of sp³-hybridized carbons (Fsp3) is 0.833. The molecule has 3 heteroatoms. The van der Waals surface area contributed by atoms with Gasteiger partial charge in [-0.3, -0.25) is 4.79 Å². The number of hydrogen-bond acceptors (Lipinski definition) is 2. The molecule has 0 aliphatic carbocycles. The quantitative estimate of drug-likeness (QED) is 0.476. The highest BCUT2D eigenvalue weighted by atomic mass is 16.2. The summed E-state index contributed by atoms with van der Waals surface area (Å²) in [5.74, 6) is 0.119. The highest BCUT2D eigenvalue weighted by Gasteiger charge is 2.10. The van der Waals surface area contributed by atoms with Crippen LogP contribution in [0.15, 0.2) is 0 Å². The maximum atomic E-state index is 10.8. The van der Waals surface area contributed by atoms with Gasteiger partial charge in [0.1, 0.15) is 1.41 Å². The third-order valence-corrected chi connectivity index (χ3v) is 1.50. The Labute approximate surface area is 56.5 Å². The number of carbonyl (C=O) groups is 1. The average Bonchev–Trinajstić information content (AvgIpc) is 1.88. The summed E-state index contributed by atoms with van der Waals surface area (Å²) in [6.07, 6.45) is 0. The Kier molecular flexibility index (Phi) is 1.64. The Morgan fingerprint density at radius 1 is 1.67 bits per heavy atom. The number of piperazine rings is 1. The lowest BCUT2D eigenvalue weighted by Gasteiger charge is -2.25. The fourth-order valence-electron chi connectivity index (χ4n) is 0.921. The van der Waals surface area contributed by atoms with Crippen molar-refractivity contribution in [1.29, 1.82) is 0 Å². The maximum Gasteiger partial charge on any atom is 0.219 e. The van der Waals surface area contributed by atoms with Crippen LogP contribution < -0.4 is 5.31 Å². The van der Waals surface area contributed by atoms with Crippen LogP contribution in [0.3, 0.4) is 0 Å². The topological polar surface area (TPSA) is 32.3 Å². The number of nitrogens with zero attached hydrogens (tertiary/aromatic N) is 1. The number of amides is 1. The van der Waals surface area contributed by atoms with Crippen LogP contribution in [-0.2, 0) is 4.79 Å². The molecule has 1 fully saturated rings. The first-order valence-electron chi connectivity index (χ1n) is 3.64. The molecular weight excluding hydrogens is 116 g/mol. The zero-order chi connectivity index (χ0) is 7.56. The van der Waals surface area contributed by atoms with E-state index < -0.39 is 0 Å². The number of nitrogens with one attached hydrogen (secondary N) is 1. The summed E-state index contributed by atoms with van der Waals surface area (Å²) in [6, 6.07) is 0. The van der Waals surface area contributed by atoms with Gasteiger partial charge >= 0.3 is 0 Å². The molecule has 1 amide bonds. The Hall–Kier alpha value is -0.570. The van der Waals surface area contributed by atoms with Crippen LogP contribution in [0.1, 0.15) is 6.92 Å². The second-order valence-electron chi connectivity index (χ2n) is 2.18. The van der Waals surface area contributed by atoms with E-state index in [0.717, 1.165) is 0 Å². The molecule has 0 atom stereocenters.